The average Bonchev–Trinajstić information content (AvgIpc) is 3.51. The Morgan fingerprint density at radius 3 is 2.66 bits per heavy atom. The third-order valence-electron chi connectivity index (χ3n) is 6.69. The zero-order valence-corrected chi connectivity index (χ0v) is 20.5. The van der Waals surface area contributed by atoms with E-state index in [2.05, 4.69) is 52.2 Å². The zero-order chi connectivity index (χ0) is 24.4. The van der Waals surface area contributed by atoms with Crippen molar-refractivity contribution in [3.05, 3.63) is 71.8 Å². The van der Waals surface area contributed by atoms with E-state index in [1.165, 1.54) is 5.56 Å². The van der Waals surface area contributed by atoms with Gasteiger partial charge in [-0.05, 0) is 62.4 Å². The fourth-order valence-corrected chi connectivity index (χ4v) is 4.69. The zero-order valence-electron chi connectivity index (χ0n) is 20.5. The number of rotatable bonds is 8. The van der Waals surface area contributed by atoms with Crippen molar-refractivity contribution in [3.63, 3.8) is 0 Å². The molecule has 182 valence electrons. The van der Waals surface area contributed by atoms with E-state index in [0.29, 0.717) is 12.6 Å². The van der Waals surface area contributed by atoms with Gasteiger partial charge in [0.25, 0.3) is 0 Å². The summed E-state index contributed by atoms with van der Waals surface area (Å²) < 4.78 is 7.38. The number of nitrogens with two attached hydrogens (primary N) is 1. The Bertz CT molecular complexity index is 1300. The monoisotopic (exact) mass is 471 g/mol. The van der Waals surface area contributed by atoms with Crippen molar-refractivity contribution < 1.29 is 4.74 Å². The Labute approximate surface area is 206 Å². The van der Waals surface area contributed by atoms with Gasteiger partial charge in [0.2, 0.25) is 0 Å². The molecule has 2 atom stereocenters. The summed E-state index contributed by atoms with van der Waals surface area (Å²) in [6.07, 6.45) is 4.79. The number of nitrogens with one attached hydrogen (secondary N) is 2. The largest absolute Gasteiger partial charge is 0.497 e. The maximum Gasteiger partial charge on any atom is 0.166 e. The lowest BCUT2D eigenvalue weighted by atomic mass is 10.0. The Kier molecular flexibility index (Phi) is 6.55. The maximum absolute atomic E-state index is 6.18. The standard InChI is InChI=1S/C27H33N7O/c1-17(2)34-16-30-24-26(29-15-18-8-11-21(35-3)12-9-18)32-25(33-27(24)34)23-13-10-20(31-23)14-19-6-4-5-7-22(19)28/h4-9,11-12,16-17,20,23,31H,10,13-15,28H2,1-3H3,(H,29,32,33)/t20-,23?/m0/s1. The number of benzene rings is 2. The molecule has 35 heavy (non-hydrogen) atoms. The number of anilines is 2. The van der Waals surface area contributed by atoms with Gasteiger partial charge in [-0.1, -0.05) is 30.3 Å². The van der Waals surface area contributed by atoms with Crippen LogP contribution < -0.4 is 21.1 Å². The lowest BCUT2D eigenvalue weighted by Crippen LogP contribution is -2.27. The molecule has 4 aromatic rings. The van der Waals surface area contributed by atoms with Gasteiger partial charge in [0.15, 0.2) is 11.5 Å². The molecule has 8 heteroatoms. The average molecular weight is 472 g/mol. The van der Waals surface area contributed by atoms with E-state index in [0.717, 1.165) is 59.1 Å². The maximum atomic E-state index is 6.18. The van der Waals surface area contributed by atoms with Gasteiger partial charge >= 0.3 is 0 Å². The molecule has 0 aliphatic carbocycles. The van der Waals surface area contributed by atoms with Crippen molar-refractivity contribution in [2.45, 2.75) is 57.8 Å². The molecule has 0 radical (unpaired) electrons. The highest BCUT2D eigenvalue weighted by Crippen LogP contribution is 2.30. The molecular formula is C27H33N7O. The summed E-state index contributed by atoms with van der Waals surface area (Å²) in [5.74, 6) is 2.41. The summed E-state index contributed by atoms with van der Waals surface area (Å²) in [5, 5.41) is 7.25. The molecule has 1 unspecified atom stereocenters. The van der Waals surface area contributed by atoms with Gasteiger partial charge in [0.1, 0.15) is 17.1 Å². The molecule has 0 saturated carbocycles. The van der Waals surface area contributed by atoms with E-state index in [9.17, 15) is 0 Å². The van der Waals surface area contributed by atoms with Crippen molar-refractivity contribution in [3.8, 4) is 5.75 Å². The smallest absolute Gasteiger partial charge is 0.166 e. The fourth-order valence-electron chi connectivity index (χ4n) is 4.69. The van der Waals surface area contributed by atoms with Crippen LogP contribution in [0.3, 0.4) is 0 Å². The first-order valence-corrected chi connectivity index (χ1v) is 12.2. The summed E-state index contributed by atoms with van der Waals surface area (Å²) >= 11 is 0. The third kappa shape index (κ3) is 4.93. The second kappa shape index (κ2) is 9.92. The van der Waals surface area contributed by atoms with Gasteiger partial charge < -0.3 is 25.7 Å². The highest BCUT2D eigenvalue weighted by atomic mass is 16.5. The molecule has 0 spiro atoms. The van der Waals surface area contributed by atoms with Crippen molar-refractivity contribution in [1.29, 1.82) is 0 Å². The first kappa shape index (κ1) is 23.1. The van der Waals surface area contributed by atoms with Gasteiger partial charge in [-0.15, -0.1) is 0 Å². The van der Waals surface area contributed by atoms with Crippen LogP contribution in [-0.2, 0) is 13.0 Å². The van der Waals surface area contributed by atoms with E-state index in [1.807, 2.05) is 36.7 Å². The van der Waals surface area contributed by atoms with Gasteiger partial charge in [0, 0.05) is 24.3 Å². The Balaban J connectivity index is 1.39. The van der Waals surface area contributed by atoms with Gasteiger partial charge in [-0.2, -0.15) is 0 Å². The van der Waals surface area contributed by atoms with Crippen LogP contribution in [0, 0.1) is 0 Å². The summed E-state index contributed by atoms with van der Waals surface area (Å²) in [5.41, 5.74) is 11.0. The molecule has 1 fully saturated rings. The number of methoxy groups -OCH3 is 1. The number of ether oxygens (including phenoxy) is 1. The minimum Gasteiger partial charge on any atom is -0.497 e. The SMILES string of the molecule is COc1ccc(CNc2nc(C3CC[C@@H](Cc4ccccc4N)N3)nc3c2ncn3C(C)C)cc1. The molecule has 2 aromatic heterocycles. The van der Waals surface area contributed by atoms with Crippen LogP contribution in [-0.4, -0.2) is 32.7 Å². The summed E-state index contributed by atoms with van der Waals surface area (Å²) in [6.45, 7) is 4.92. The van der Waals surface area contributed by atoms with E-state index in [1.54, 1.807) is 7.11 Å². The van der Waals surface area contributed by atoms with Crippen molar-refractivity contribution >= 4 is 22.7 Å². The molecule has 0 amide bonds. The van der Waals surface area contributed by atoms with Gasteiger partial charge in [-0.3, -0.25) is 0 Å². The van der Waals surface area contributed by atoms with E-state index >= 15 is 0 Å². The Hall–Kier alpha value is -3.65. The molecule has 5 rings (SSSR count). The van der Waals surface area contributed by atoms with Crippen LogP contribution in [0.5, 0.6) is 5.75 Å². The van der Waals surface area contributed by atoms with E-state index in [4.69, 9.17) is 20.4 Å². The molecule has 0 bridgehead atoms. The number of nitrogens with zero attached hydrogens (tertiary/aromatic N) is 4. The van der Waals surface area contributed by atoms with Crippen molar-refractivity contribution in [1.82, 2.24) is 24.8 Å². The number of hydrogen-bond donors (Lipinski definition) is 3. The number of fused-ring (bicyclic) bond motifs is 1. The summed E-state index contributed by atoms with van der Waals surface area (Å²) in [6, 6.07) is 16.8. The predicted octanol–water partition coefficient (Wildman–Crippen LogP) is 4.65. The second-order valence-corrected chi connectivity index (χ2v) is 9.45. The number of nitrogen functional groups attached to an aromatic ring is 1. The number of imidazole rings is 1. The Morgan fingerprint density at radius 2 is 1.91 bits per heavy atom. The highest BCUT2D eigenvalue weighted by molar-refractivity contribution is 5.83. The van der Waals surface area contributed by atoms with Gasteiger partial charge in [-0.25, -0.2) is 15.0 Å². The first-order valence-electron chi connectivity index (χ1n) is 12.2. The summed E-state index contributed by atoms with van der Waals surface area (Å²) in [7, 11) is 1.67. The van der Waals surface area contributed by atoms with Crippen LogP contribution in [0.15, 0.2) is 54.9 Å². The van der Waals surface area contributed by atoms with Crippen LogP contribution in [0.2, 0.25) is 0 Å². The van der Waals surface area contributed by atoms with E-state index in [-0.39, 0.29) is 12.1 Å². The van der Waals surface area contributed by atoms with Gasteiger partial charge in [0.05, 0.1) is 19.5 Å². The van der Waals surface area contributed by atoms with Crippen LogP contribution in [0.25, 0.3) is 11.2 Å². The molecule has 4 N–H and O–H groups in total. The van der Waals surface area contributed by atoms with E-state index < -0.39 is 0 Å². The third-order valence-corrected chi connectivity index (χ3v) is 6.69. The topological polar surface area (TPSA) is 103 Å². The normalized spacial score (nSPS) is 17.8. The number of para-hydroxylation sites is 1. The minimum atomic E-state index is 0.0892. The van der Waals surface area contributed by atoms with Crippen molar-refractivity contribution in [2.75, 3.05) is 18.2 Å². The molecule has 1 aliphatic rings. The molecule has 3 heterocycles. The quantitative estimate of drug-likeness (QED) is 0.322. The summed E-state index contributed by atoms with van der Waals surface area (Å²) in [4.78, 5) is 14.6. The van der Waals surface area contributed by atoms with Crippen LogP contribution >= 0.6 is 0 Å². The molecule has 1 aliphatic heterocycles. The Morgan fingerprint density at radius 1 is 1.11 bits per heavy atom. The minimum absolute atomic E-state index is 0.0892. The van der Waals surface area contributed by atoms with Crippen molar-refractivity contribution in [2.24, 2.45) is 0 Å². The predicted molar refractivity (Wildman–Crippen MR) is 139 cm³/mol. The fraction of sp³-hybridized carbons (Fsp3) is 0.370. The lowest BCUT2D eigenvalue weighted by Gasteiger charge is -2.17. The van der Waals surface area contributed by atoms with Crippen LogP contribution in [0.1, 0.15) is 55.7 Å². The second-order valence-electron chi connectivity index (χ2n) is 9.45. The molecular weight excluding hydrogens is 438 g/mol. The highest BCUT2D eigenvalue weighted by Gasteiger charge is 2.29. The molecule has 1 saturated heterocycles. The molecule has 2 aromatic carbocycles. The number of hydrogen-bond acceptors (Lipinski definition) is 7. The van der Waals surface area contributed by atoms with Crippen LogP contribution in [0.4, 0.5) is 11.5 Å². The molecule has 8 nitrogen and oxygen atoms in total. The lowest BCUT2D eigenvalue weighted by molar-refractivity contribution is 0.414. The first-order chi connectivity index (χ1) is 17.0. The number of aromatic nitrogens is 4.